The third-order valence-corrected chi connectivity index (χ3v) is 2.93. The Kier molecular flexibility index (Phi) is 6.03. The van der Waals surface area contributed by atoms with Crippen LogP contribution >= 0.6 is 0 Å². The molecule has 0 fully saturated rings. The molecule has 0 spiro atoms. The Morgan fingerprint density at radius 3 is 2.25 bits per heavy atom. The molecule has 5 heteroatoms. The molecule has 20 heavy (non-hydrogen) atoms. The molecular formula is C15H22N2O3. The van der Waals surface area contributed by atoms with Crippen LogP contribution in [0.15, 0.2) is 24.3 Å². The van der Waals surface area contributed by atoms with Crippen LogP contribution in [0.3, 0.4) is 0 Å². The Balaban J connectivity index is 2.42. The SMILES string of the molecule is CC(=O)Nc1ccc(OCC(=O)N[C@@H](C)C(C)C)cc1. The van der Waals surface area contributed by atoms with Gasteiger partial charge in [0.1, 0.15) is 5.75 Å². The van der Waals surface area contributed by atoms with E-state index in [0.717, 1.165) is 0 Å². The molecule has 1 atom stereocenters. The number of amides is 2. The lowest BCUT2D eigenvalue weighted by Gasteiger charge is -2.17. The van der Waals surface area contributed by atoms with Crippen LogP contribution in [0.2, 0.25) is 0 Å². The summed E-state index contributed by atoms with van der Waals surface area (Å²) in [5.74, 6) is 0.709. The largest absolute Gasteiger partial charge is 0.484 e. The number of rotatable bonds is 6. The van der Waals surface area contributed by atoms with Crippen molar-refractivity contribution in [3.63, 3.8) is 0 Å². The van der Waals surface area contributed by atoms with Gasteiger partial charge in [-0.25, -0.2) is 0 Å². The minimum absolute atomic E-state index is 0.0173. The number of carbonyl (C=O) groups is 2. The average molecular weight is 278 g/mol. The van der Waals surface area contributed by atoms with Crippen molar-refractivity contribution in [3.8, 4) is 5.75 Å². The lowest BCUT2D eigenvalue weighted by molar-refractivity contribution is -0.124. The van der Waals surface area contributed by atoms with E-state index in [2.05, 4.69) is 10.6 Å². The minimum Gasteiger partial charge on any atom is -0.484 e. The van der Waals surface area contributed by atoms with Gasteiger partial charge in [-0.05, 0) is 37.1 Å². The normalized spacial score (nSPS) is 11.8. The molecule has 2 amide bonds. The maximum absolute atomic E-state index is 11.7. The molecule has 1 aromatic carbocycles. The first kappa shape index (κ1) is 16.0. The highest BCUT2D eigenvalue weighted by Gasteiger charge is 2.11. The third kappa shape index (κ3) is 5.73. The Morgan fingerprint density at radius 1 is 1.15 bits per heavy atom. The van der Waals surface area contributed by atoms with E-state index in [0.29, 0.717) is 17.4 Å². The predicted molar refractivity (Wildman–Crippen MR) is 78.7 cm³/mol. The molecule has 0 saturated carbocycles. The lowest BCUT2D eigenvalue weighted by Crippen LogP contribution is -2.38. The molecule has 0 saturated heterocycles. The molecule has 0 bridgehead atoms. The number of hydrogen-bond donors (Lipinski definition) is 2. The maximum Gasteiger partial charge on any atom is 0.258 e. The first-order valence-electron chi connectivity index (χ1n) is 6.68. The smallest absolute Gasteiger partial charge is 0.258 e. The van der Waals surface area contributed by atoms with Crippen molar-refractivity contribution in [1.29, 1.82) is 0 Å². The number of nitrogens with one attached hydrogen (secondary N) is 2. The van der Waals surface area contributed by atoms with Gasteiger partial charge in [0, 0.05) is 18.7 Å². The topological polar surface area (TPSA) is 67.4 Å². The van der Waals surface area contributed by atoms with Crippen molar-refractivity contribution in [2.24, 2.45) is 5.92 Å². The first-order valence-corrected chi connectivity index (χ1v) is 6.68. The Labute approximate surface area is 119 Å². The van der Waals surface area contributed by atoms with Crippen LogP contribution in [0.5, 0.6) is 5.75 Å². The zero-order chi connectivity index (χ0) is 15.1. The van der Waals surface area contributed by atoms with Crippen LogP contribution in [-0.4, -0.2) is 24.5 Å². The molecule has 1 rings (SSSR count). The van der Waals surface area contributed by atoms with E-state index in [-0.39, 0.29) is 24.5 Å². The van der Waals surface area contributed by atoms with Crippen molar-refractivity contribution >= 4 is 17.5 Å². The first-order chi connectivity index (χ1) is 9.38. The highest BCUT2D eigenvalue weighted by Crippen LogP contribution is 2.15. The van der Waals surface area contributed by atoms with Crippen LogP contribution in [0, 0.1) is 5.92 Å². The molecular weight excluding hydrogens is 256 g/mol. The molecule has 0 radical (unpaired) electrons. The second-order valence-electron chi connectivity index (χ2n) is 5.09. The van der Waals surface area contributed by atoms with E-state index in [1.807, 2.05) is 20.8 Å². The lowest BCUT2D eigenvalue weighted by atomic mass is 10.1. The second kappa shape index (κ2) is 7.53. The Morgan fingerprint density at radius 2 is 1.75 bits per heavy atom. The van der Waals surface area contributed by atoms with Crippen LogP contribution in [0.25, 0.3) is 0 Å². The van der Waals surface area contributed by atoms with Gasteiger partial charge >= 0.3 is 0 Å². The van der Waals surface area contributed by atoms with Gasteiger partial charge in [-0.15, -0.1) is 0 Å². The molecule has 0 aliphatic carbocycles. The van der Waals surface area contributed by atoms with E-state index in [1.165, 1.54) is 6.92 Å². The quantitative estimate of drug-likeness (QED) is 0.838. The fraction of sp³-hybridized carbons (Fsp3) is 0.467. The third-order valence-electron chi connectivity index (χ3n) is 2.93. The zero-order valence-corrected chi connectivity index (χ0v) is 12.4. The molecule has 0 heterocycles. The van der Waals surface area contributed by atoms with E-state index in [4.69, 9.17) is 4.74 Å². The highest BCUT2D eigenvalue weighted by atomic mass is 16.5. The van der Waals surface area contributed by atoms with Crippen LogP contribution in [0.4, 0.5) is 5.69 Å². The molecule has 0 unspecified atom stereocenters. The zero-order valence-electron chi connectivity index (χ0n) is 12.4. The summed E-state index contributed by atoms with van der Waals surface area (Å²) in [6, 6.07) is 7.00. The summed E-state index contributed by atoms with van der Waals surface area (Å²) >= 11 is 0. The van der Waals surface area contributed by atoms with Gasteiger partial charge in [0.15, 0.2) is 6.61 Å². The fourth-order valence-corrected chi connectivity index (χ4v) is 1.45. The summed E-state index contributed by atoms with van der Waals surface area (Å²) < 4.78 is 5.38. The summed E-state index contributed by atoms with van der Waals surface area (Å²) in [5, 5.41) is 5.53. The molecule has 5 nitrogen and oxygen atoms in total. The average Bonchev–Trinajstić information content (AvgIpc) is 2.37. The summed E-state index contributed by atoms with van der Waals surface area (Å²) in [5.41, 5.74) is 0.697. The van der Waals surface area contributed by atoms with E-state index in [9.17, 15) is 9.59 Å². The van der Waals surface area contributed by atoms with Gasteiger partial charge in [0.25, 0.3) is 5.91 Å². The van der Waals surface area contributed by atoms with E-state index < -0.39 is 0 Å². The van der Waals surface area contributed by atoms with Crippen molar-refractivity contribution in [1.82, 2.24) is 5.32 Å². The summed E-state index contributed by atoms with van der Waals surface area (Å²) in [6.45, 7) is 7.49. The molecule has 0 aliphatic rings. The summed E-state index contributed by atoms with van der Waals surface area (Å²) in [4.78, 5) is 22.5. The van der Waals surface area contributed by atoms with E-state index in [1.54, 1.807) is 24.3 Å². The monoisotopic (exact) mass is 278 g/mol. The van der Waals surface area contributed by atoms with Crippen molar-refractivity contribution < 1.29 is 14.3 Å². The van der Waals surface area contributed by atoms with Gasteiger partial charge in [-0.2, -0.15) is 0 Å². The van der Waals surface area contributed by atoms with Gasteiger partial charge in [-0.1, -0.05) is 13.8 Å². The van der Waals surface area contributed by atoms with E-state index >= 15 is 0 Å². The molecule has 0 aliphatic heterocycles. The molecule has 2 N–H and O–H groups in total. The van der Waals surface area contributed by atoms with Crippen molar-refractivity contribution in [2.45, 2.75) is 33.7 Å². The molecule has 1 aromatic rings. The maximum atomic E-state index is 11.7. The van der Waals surface area contributed by atoms with Crippen LogP contribution in [0.1, 0.15) is 27.7 Å². The van der Waals surface area contributed by atoms with Gasteiger partial charge in [-0.3, -0.25) is 9.59 Å². The number of benzene rings is 1. The highest BCUT2D eigenvalue weighted by molar-refractivity contribution is 5.88. The van der Waals surface area contributed by atoms with Gasteiger partial charge in [0.2, 0.25) is 5.91 Å². The van der Waals surface area contributed by atoms with Crippen molar-refractivity contribution in [2.75, 3.05) is 11.9 Å². The van der Waals surface area contributed by atoms with Crippen LogP contribution < -0.4 is 15.4 Å². The van der Waals surface area contributed by atoms with Gasteiger partial charge in [0.05, 0.1) is 0 Å². The number of ether oxygens (including phenoxy) is 1. The van der Waals surface area contributed by atoms with Crippen molar-refractivity contribution in [3.05, 3.63) is 24.3 Å². The summed E-state index contributed by atoms with van der Waals surface area (Å²) in [6.07, 6.45) is 0. The molecule has 110 valence electrons. The van der Waals surface area contributed by atoms with Crippen LogP contribution in [-0.2, 0) is 9.59 Å². The standard InChI is InChI=1S/C15H22N2O3/c1-10(2)11(3)16-15(19)9-20-14-7-5-13(6-8-14)17-12(4)18/h5-8,10-11H,9H2,1-4H3,(H,16,19)(H,17,18)/t11-/m0/s1. The number of anilines is 1. The number of hydrogen-bond acceptors (Lipinski definition) is 3. The second-order valence-corrected chi connectivity index (χ2v) is 5.09. The van der Waals surface area contributed by atoms with Gasteiger partial charge < -0.3 is 15.4 Å². The molecule has 0 aromatic heterocycles. The summed E-state index contributed by atoms with van der Waals surface area (Å²) in [7, 11) is 0. The number of carbonyl (C=O) groups excluding carboxylic acids is 2. The predicted octanol–water partition coefficient (Wildman–Crippen LogP) is 2.18. The minimum atomic E-state index is -0.142. The Hall–Kier alpha value is -2.04. The Bertz CT molecular complexity index is 455. The fourth-order valence-electron chi connectivity index (χ4n) is 1.45.